The van der Waals surface area contributed by atoms with Crippen molar-refractivity contribution in [3.63, 3.8) is 0 Å². The summed E-state index contributed by atoms with van der Waals surface area (Å²) in [5.74, 6) is 3.19. The molecule has 1 spiro atoms. The average Bonchev–Trinajstić information content (AvgIpc) is 3.06. The van der Waals surface area contributed by atoms with Crippen LogP contribution in [-0.4, -0.2) is 0 Å². The first kappa shape index (κ1) is 19.2. The van der Waals surface area contributed by atoms with Crippen molar-refractivity contribution in [2.45, 2.75) is 51.9 Å². The van der Waals surface area contributed by atoms with E-state index in [1.165, 1.54) is 53.7 Å². The van der Waals surface area contributed by atoms with Crippen LogP contribution in [0.5, 0.6) is 0 Å². The van der Waals surface area contributed by atoms with Crippen LogP contribution in [0.15, 0.2) is 66.7 Å². The third-order valence-corrected chi connectivity index (χ3v) is 8.72. The van der Waals surface area contributed by atoms with Gasteiger partial charge in [0.2, 0.25) is 0 Å². The number of rotatable bonds is 2. The number of nitrogens with one attached hydrogen (secondary N) is 1. The van der Waals surface area contributed by atoms with E-state index in [0.717, 1.165) is 17.8 Å². The van der Waals surface area contributed by atoms with Crippen LogP contribution in [0.3, 0.4) is 0 Å². The molecule has 5 unspecified atom stereocenters. The lowest BCUT2D eigenvalue weighted by atomic mass is 9.49. The van der Waals surface area contributed by atoms with Crippen molar-refractivity contribution in [3.8, 4) is 11.1 Å². The number of benzene rings is 3. The zero-order chi connectivity index (χ0) is 21.2. The minimum Gasteiger partial charge on any atom is -0.355 e. The number of fused-ring (bicyclic) bond motifs is 8. The lowest BCUT2D eigenvalue weighted by Gasteiger charge is -2.54. The first-order valence-electron chi connectivity index (χ1n) is 12.1. The highest BCUT2D eigenvalue weighted by atomic mass is 14.9. The van der Waals surface area contributed by atoms with Crippen molar-refractivity contribution in [2.24, 2.45) is 23.7 Å². The second kappa shape index (κ2) is 6.99. The van der Waals surface area contributed by atoms with E-state index in [-0.39, 0.29) is 5.41 Å². The Hall–Kier alpha value is -2.54. The molecule has 2 fully saturated rings. The molecule has 2 bridgehead atoms. The van der Waals surface area contributed by atoms with Gasteiger partial charge < -0.3 is 5.32 Å². The third-order valence-electron chi connectivity index (χ3n) is 8.72. The summed E-state index contributed by atoms with van der Waals surface area (Å²) in [4.78, 5) is 0. The summed E-state index contributed by atoms with van der Waals surface area (Å²) in [6.07, 6.45) is 5.56. The van der Waals surface area contributed by atoms with E-state index in [9.17, 15) is 0 Å². The van der Waals surface area contributed by atoms with Gasteiger partial charge in [-0.15, -0.1) is 0 Å². The van der Waals surface area contributed by atoms with Crippen LogP contribution in [-0.2, 0) is 5.41 Å². The van der Waals surface area contributed by atoms with Crippen LogP contribution in [0.2, 0.25) is 0 Å². The molecule has 5 atom stereocenters. The molecule has 0 saturated heterocycles. The van der Waals surface area contributed by atoms with Gasteiger partial charge in [0.05, 0.1) is 0 Å². The van der Waals surface area contributed by atoms with Crippen molar-refractivity contribution in [1.82, 2.24) is 0 Å². The fraction of sp³-hybridized carbons (Fsp3) is 0.400. The standard InChI is InChI=1S/C30H33N/c1-19-15-22-17-21(3)30(23(16-19)18-22)25-11-6-5-10-24(25)29-26(30)12-8-14-28(29)31-27-13-7-4-9-20(27)2/h4-14,19,21-23,31H,15-18H2,1-3H3. The summed E-state index contributed by atoms with van der Waals surface area (Å²) < 4.78 is 0. The SMILES string of the molecule is Cc1ccccc1Nc1cccc2c1-c1ccccc1C21C(C)CC2CC(C)CC1C2. The van der Waals surface area contributed by atoms with Crippen molar-refractivity contribution < 1.29 is 0 Å². The maximum absolute atomic E-state index is 3.81. The van der Waals surface area contributed by atoms with E-state index in [0.29, 0.717) is 5.92 Å². The largest absolute Gasteiger partial charge is 0.355 e. The Morgan fingerprint density at radius 2 is 1.48 bits per heavy atom. The van der Waals surface area contributed by atoms with Crippen LogP contribution in [0.25, 0.3) is 11.1 Å². The van der Waals surface area contributed by atoms with E-state index in [1.54, 1.807) is 11.1 Å². The molecule has 3 aliphatic carbocycles. The Kier molecular flexibility index (Phi) is 4.32. The Bertz CT molecular complexity index is 1140. The van der Waals surface area contributed by atoms with E-state index >= 15 is 0 Å². The summed E-state index contributed by atoms with van der Waals surface area (Å²) in [5.41, 5.74) is 10.00. The van der Waals surface area contributed by atoms with Crippen molar-refractivity contribution in [2.75, 3.05) is 5.32 Å². The monoisotopic (exact) mass is 407 g/mol. The summed E-state index contributed by atoms with van der Waals surface area (Å²) in [6.45, 7) is 7.22. The molecule has 1 nitrogen and oxygen atoms in total. The number of para-hydroxylation sites is 1. The summed E-state index contributed by atoms with van der Waals surface area (Å²) in [5, 5.41) is 3.81. The minimum absolute atomic E-state index is 0.167. The second-order valence-electron chi connectivity index (χ2n) is 10.6. The highest BCUT2D eigenvalue weighted by Gasteiger charge is 2.56. The van der Waals surface area contributed by atoms with Gasteiger partial charge in [-0.1, -0.05) is 68.4 Å². The van der Waals surface area contributed by atoms with E-state index < -0.39 is 0 Å². The van der Waals surface area contributed by atoms with E-state index in [4.69, 9.17) is 0 Å². The molecule has 3 aliphatic rings. The van der Waals surface area contributed by atoms with Gasteiger partial charge in [-0.2, -0.15) is 0 Å². The van der Waals surface area contributed by atoms with Crippen LogP contribution >= 0.6 is 0 Å². The van der Waals surface area contributed by atoms with Gasteiger partial charge in [-0.05, 0) is 90.7 Å². The Balaban J connectivity index is 1.57. The molecule has 3 aromatic rings. The molecule has 0 radical (unpaired) electrons. The van der Waals surface area contributed by atoms with Gasteiger partial charge in [0.1, 0.15) is 0 Å². The van der Waals surface area contributed by atoms with Gasteiger partial charge >= 0.3 is 0 Å². The molecule has 31 heavy (non-hydrogen) atoms. The van der Waals surface area contributed by atoms with Crippen LogP contribution in [0.4, 0.5) is 11.4 Å². The quantitative estimate of drug-likeness (QED) is 0.452. The zero-order valence-corrected chi connectivity index (χ0v) is 19.0. The van der Waals surface area contributed by atoms with E-state index in [1.807, 2.05) is 0 Å². The topological polar surface area (TPSA) is 12.0 Å². The summed E-state index contributed by atoms with van der Waals surface area (Å²) >= 11 is 0. The minimum atomic E-state index is 0.167. The van der Waals surface area contributed by atoms with Crippen molar-refractivity contribution in [3.05, 3.63) is 83.4 Å². The molecule has 6 rings (SSSR count). The van der Waals surface area contributed by atoms with Crippen molar-refractivity contribution in [1.29, 1.82) is 0 Å². The van der Waals surface area contributed by atoms with Crippen LogP contribution in [0.1, 0.15) is 56.2 Å². The van der Waals surface area contributed by atoms with Gasteiger partial charge in [-0.25, -0.2) is 0 Å². The maximum Gasteiger partial charge on any atom is 0.0467 e. The Morgan fingerprint density at radius 1 is 0.742 bits per heavy atom. The maximum atomic E-state index is 3.81. The lowest BCUT2D eigenvalue weighted by molar-refractivity contribution is 0.0426. The second-order valence-corrected chi connectivity index (χ2v) is 10.6. The molecule has 0 aliphatic heterocycles. The van der Waals surface area contributed by atoms with Gasteiger partial charge in [0, 0.05) is 22.4 Å². The molecular formula is C30H33N. The van der Waals surface area contributed by atoms with Gasteiger partial charge in [-0.3, -0.25) is 0 Å². The molecule has 1 heteroatoms. The van der Waals surface area contributed by atoms with Crippen LogP contribution in [0, 0.1) is 30.6 Å². The molecule has 0 aromatic heterocycles. The molecular weight excluding hydrogens is 374 g/mol. The predicted molar refractivity (Wildman–Crippen MR) is 131 cm³/mol. The average molecular weight is 408 g/mol. The number of hydrogen-bond acceptors (Lipinski definition) is 1. The highest BCUT2D eigenvalue weighted by Crippen LogP contribution is 2.65. The third kappa shape index (κ3) is 2.68. The predicted octanol–water partition coefficient (Wildman–Crippen LogP) is 8.10. The van der Waals surface area contributed by atoms with Crippen LogP contribution < -0.4 is 5.32 Å². The zero-order valence-electron chi connectivity index (χ0n) is 19.0. The molecule has 1 N–H and O–H groups in total. The normalized spacial score (nSPS) is 30.7. The Labute approximate surface area is 186 Å². The smallest absolute Gasteiger partial charge is 0.0467 e. The highest BCUT2D eigenvalue weighted by molar-refractivity contribution is 5.92. The molecule has 158 valence electrons. The number of hydrogen-bond donors (Lipinski definition) is 1. The first-order chi connectivity index (χ1) is 15.1. The summed E-state index contributed by atoms with van der Waals surface area (Å²) in [6, 6.07) is 25.0. The molecule has 0 heterocycles. The molecule has 2 saturated carbocycles. The fourth-order valence-corrected chi connectivity index (χ4v) is 7.73. The fourth-order valence-electron chi connectivity index (χ4n) is 7.73. The molecule has 0 amide bonds. The van der Waals surface area contributed by atoms with E-state index in [2.05, 4.69) is 92.8 Å². The number of anilines is 2. The lowest BCUT2D eigenvalue weighted by Crippen LogP contribution is -2.49. The number of aryl methyl sites for hydroxylation is 1. The van der Waals surface area contributed by atoms with Gasteiger partial charge in [0.25, 0.3) is 0 Å². The van der Waals surface area contributed by atoms with Crippen molar-refractivity contribution >= 4 is 11.4 Å². The Morgan fingerprint density at radius 3 is 2.35 bits per heavy atom. The first-order valence-corrected chi connectivity index (χ1v) is 12.1. The summed E-state index contributed by atoms with van der Waals surface area (Å²) in [7, 11) is 0. The molecule has 3 aromatic carbocycles. The van der Waals surface area contributed by atoms with Gasteiger partial charge in [0.15, 0.2) is 0 Å².